The molecule has 0 aliphatic heterocycles. The zero-order chi connectivity index (χ0) is 12.3. The Labute approximate surface area is 90.1 Å². The minimum Gasteiger partial charge on any atom is -0.294 e. The second-order valence-corrected chi connectivity index (χ2v) is 3.34. The van der Waals surface area contributed by atoms with Crippen molar-refractivity contribution in [3.63, 3.8) is 0 Å². The van der Waals surface area contributed by atoms with Crippen LogP contribution in [0.2, 0.25) is 0 Å². The van der Waals surface area contributed by atoms with E-state index in [1.807, 2.05) is 0 Å². The molecule has 0 aliphatic rings. The summed E-state index contributed by atoms with van der Waals surface area (Å²) in [5.74, 6) is -2.08. The van der Waals surface area contributed by atoms with E-state index in [4.69, 9.17) is 0 Å². The molecule has 0 spiro atoms. The highest BCUT2D eigenvalue weighted by Crippen LogP contribution is 2.32. The molecule has 0 saturated heterocycles. The van der Waals surface area contributed by atoms with E-state index >= 15 is 0 Å². The average molecular weight is 234 g/mol. The summed E-state index contributed by atoms with van der Waals surface area (Å²) in [7, 11) is 0. The standard InChI is InChI=1S/C11H10F4O/c1-2-4-9(16)7-5-3-6-8(10(7)12)11(13,14)15/h3,5-6H,2,4H2,1H3. The number of ketones is 1. The summed E-state index contributed by atoms with van der Waals surface area (Å²) in [5, 5.41) is 0. The Morgan fingerprint density at radius 1 is 1.31 bits per heavy atom. The van der Waals surface area contributed by atoms with Gasteiger partial charge >= 0.3 is 6.18 Å². The number of alkyl halides is 3. The summed E-state index contributed by atoms with van der Waals surface area (Å²) in [4.78, 5) is 11.3. The monoisotopic (exact) mass is 234 g/mol. The van der Waals surface area contributed by atoms with Gasteiger partial charge in [-0.05, 0) is 18.6 Å². The zero-order valence-corrected chi connectivity index (χ0v) is 8.57. The molecule has 1 rings (SSSR count). The highest BCUT2D eigenvalue weighted by Gasteiger charge is 2.35. The number of hydrogen-bond acceptors (Lipinski definition) is 1. The van der Waals surface area contributed by atoms with Gasteiger partial charge in [0.2, 0.25) is 0 Å². The summed E-state index contributed by atoms with van der Waals surface area (Å²) in [6.07, 6.45) is -4.26. The van der Waals surface area contributed by atoms with Gasteiger partial charge in [0.15, 0.2) is 5.78 Å². The van der Waals surface area contributed by atoms with Gasteiger partial charge in [0, 0.05) is 6.42 Å². The van der Waals surface area contributed by atoms with E-state index < -0.39 is 28.9 Å². The van der Waals surface area contributed by atoms with E-state index in [2.05, 4.69) is 0 Å². The fraction of sp³-hybridized carbons (Fsp3) is 0.364. The van der Waals surface area contributed by atoms with Gasteiger partial charge in [0.05, 0.1) is 11.1 Å². The molecule has 0 saturated carbocycles. The first-order valence-electron chi connectivity index (χ1n) is 4.76. The fourth-order valence-electron chi connectivity index (χ4n) is 1.33. The molecule has 0 bridgehead atoms. The Bertz CT molecular complexity index is 395. The molecule has 0 radical (unpaired) electrons. The van der Waals surface area contributed by atoms with Crippen LogP contribution in [0.15, 0.2) is 18.2 Å². The number of benzene rings is 1. The number of hydrogen-bond donors (Lipinski definition) is 0. The predicted octanol–water partition coefficient (Wildman–Crippen LogP) is 3.83. The van der Waals surface area contributed by atoms with Crippen molar-refractivity contribution in [1.82, 2.24) is 0 Å². The second kappa shape index (κ2) is 4.63. The van der Waals surface area contributed by atoms with Crippen LogP contribution in [0.4, 0.5) is 17.6 Å². The Kier molecular flexibility index (Phi) is 3.67. The lowest BCUT2D eigenvalue weighted by Crippen LogP contribution is -2.12. The summed E-state index contributed by atoms with van der Waals surface area (Å²) < 4.78 is 50.4. The van der Waals surface area contributed by atoms with Crippen LogP contribution in [0.1, 0.15) is 35.7 Å². The van der Waals surface area contributed by atoms with E-state index in [1.165, 1.54) is 0 Å². The van der Waals surface area contributed by atoms with Gasteiger partial charge in [0.25, 0.3) is 0 Å². The summed E-state index contributed by atoms with van der Waals surface area (Å²) in [6.45, 7) is 1.70. The van der Waals surface area contributed by atoms with Crippen molar-refractivity contribution in [1.29, 1.82) is 0 Å². The van der Waals surface area contributed by atoms with Crippen LogP contribution < -0.4 is 0 Å². The second-order valence-electron chi connectivity index (χ2n) is 3.34. The van der Waals surface area contributed by atoms with E-state index in [1.54, 1.807) is 6.92 Å². The first-order valence-corrected chi connectivity index (χ1v) is 4.76. The number of rotatable bonds is 3. The zero-order valence-electron chi connectivity index (χ0n) is 8.57. The van der Waals surface area contributed by atoms with E-state index in [9.17, 15) is 22.4 Å². The molecular weight excluding hydrogens is 224 g/mol. The molecular formula is C11H10F4O. The molecule has 88 valence electrons. The maximum Gasteiger partial charge on any atom is 0.419 e. The molecule has 0 unspecified atom stereocenters. The largest absolute Gasteiger partial charge is 0.419 e. The molecule has 0 aliphatic carbocycles. The third-order valence-corrected chi connectivity index (χ3v) is 2.08. The van der Waals surface area contributed by atoms with Crippen LogP contribution in [-0.4, -0.2) is 5.78 Å². The highest BCUT2D eigenvalue weighted by atomic mass is 19.4. The van der Waals surface area contributed by atoms with Crippen molar-refractivity contribution in [2.45, 2.75) is 25.9 Å². The SMILES string of the molecule is CCCC(=O)c1cccc(C(F)(F)F)c1F. The molecule has 0 fully saturated rings. The van der Waals surface area contributed by atoms with Crippen molar-refractivity contribution >= 4 is 5.78 Å². The van der Waals surface area contributed by atoms with E-state index in [0.717, 1.165) is 12.1 Å². The number of halogens is 4. The van der Waals surface area contributed by atoms with Gasteiger partial charge < -0.3 is 0 Å². The van der Waals surface area contributed by atoms with Gasteiger partial charge in [-0.15, -0.1) is 0 Å². The van der Waals surface area contributed by atoms with Crippen LogP contribution in [0.3, 0.4) is 0 Å². The Morgan fingerprint density at radius 2 is 1.94 bits per heavy atom. The van der Waals surface area contributed by atoms with Crippen molar-refractivity contribution in [3.05, 3.63) is 35.1 Å². The van der Waals surface area contributed by atoms with Crippen LogP contribution in [0, 0.1) is 5.82 Å². The van der Waals surface area contributed by atoms with Crippen molar-refractivity contribution in [2.75, 3.05) is 0 Å². The molecule has 16 heavy (non-hydrogen) atoms. The smallest absolute Gasteiger partial charge is 0.294 e. The summed E-state index contributed by atoms with van der Waals surface area (Å²) in [6, 6.07) is 2.73. The lowest BCUT2D eigenvalue weighted by Gasteiger charge is -2.10. The average Bonchev–Trinajstić information content (AvgIpc) is 2.16. The lowest BCUT2D eigenvalue weighted by atomic mass is 10.0. The first kappa shape index (κ1) is 12.7. The molecule has 1 aromatic rings. The minimum atomic E-state index is -4.77. The molecule has 1 nitrogen and oxygen atoms in total. The molecule has 0 atom stereocenters. The third kappa shape index (κ3) is 2.59. The summed E-state index contributed by atoms with van der Waals surface area (Å²) in [5.41, 5.74) is -1.88. The minimum absolute atomic E-state index is 0.0399. The molecule has 0 N–H and O–H groups in total. The third-order valence-electron chi connectivity index (χ3n) is 2.08. The Balaban J connectivity index is 3.19. The van der Waals surface area contributed by atoms with Gasteiger partial charge in [-0.2, -0.15) is 13.2 Å². The lowest BCUT2D eigenvalue weighted by molar-refractivity contribution is -0.140. The topological polar surface area (TPSA) is 17.1 Å². The first-order chi connectivity index (χ1) is 7.38. The van der Waals surface area contributed by atoms with Crippen LogP contribution in [0.25, 0.3) is 0 Å². The number of Topliss-reactive ketones (excluding diaryl/α,β-unsaturated/α-hetero) is 1. The molecule has 0 heterocycles. The normalized spacial score (nSPS) is 11.6. The van der Waals surface area contributed by atoms with Crippen molar-refractivity contribution in [3.8, 4) is 0 Å². The highest BCUT2D eigenvalue weighted by molar-refractivity contribution is 5.96. The van der Waals surface area contributed by atoms with Crippen LogP contribution in [-0.2, 0) is 6.18 Å². The van der Waals surface area contributed by atoms with Gasteiger partial charge in [-0.25, -0.2) is 4.39 Å². The van der Waals surface area contributed by atoms with E-state index in [-0.39, 0.29) is 6.42 Å². The molecule has 0 amide bonds. The van der Waals surface area contributed by atoms with Crippen LogP contribution >= 0.6 is 0 Å². The van der Waals surface area contributed by atoms with Gasteiger partial charge in [-0.3, -0.25) is 4.79 Å². The van der Waals surface area contributed by atoms with Crippen molar-refractivity contribution < 1.29 is 22.4 Å². The predicted molar refractivity (Wildman–Crippen MR) is 50.6 cm³/mol. The Hall–Kier alpha value is -1.39. The molecule has 0 aromatic heterocycles. The number of carbonyl (C=O) groups excluding carboxylic acids is 1. The maximum atomic E-state index is 13.4. The Morgan fingerprint density at radius 3 is 2.44 bits per heavy atom. The van der Waals surface area contributed by atoms with E-state index in [0.29, 0.717) is 12.5 Å². The van der Waals surface area contributed by atoms with Crippen molar-refractivity contribution in [2.24, 2.45) is 0 Å². The van der Waals surface area contributed by atoms with Gasteiger partial charge in [-0.1, -0.05) is 13.0 Å². The summed E-state index contributed by atoms with van der Waals surface area (Å²) >= 11 is 0. The maximum absolute atomic E-state index is 13.4. The van der Waals surface area contributed by atoms with Crippen LogP contribution in [0.5, 0.6) is 0 Å². The fourth-order valence-corrected chi connectivity index (χ4v) is 1.33. The quantitative estimate of drug-likeness (QED) is 0.573. The number of carbonyl (C=O) groups is 1. The molecule has 1 aromatic carbocycles. The molecule has 5 heteroatoms. The van der Waals surface area contributed by atoms with Gasteiger partial charge in [0.1, 0.15) is 5.82 Å².